The van der Waals surface area contributed by atoms with E-state index in [1.165, 1.54) is 0 Å². The summed E-state index contributed by atoms with van der Waals surface area (Å²) >= 11 is 0. The Morgan fingerprint density at radius 3 is 2.53 bits per heavy atom. The average molecular weight is 261 g/mol. The second-order valence-corrected chi connectivity index (χ2v) is 5.07. The Bertz CT molecular complexity index is 520. The Morgan fingerprint density at radius 2 is 1.95 bits per heavy atom. The van der Waals surface area contributed by atoms with E-state index in [-0.39, 0.29) is 11.7 Å². The third-order valence-corrected chi connectivity index (χ3v) is 2.96. The third-order valence-electron chi connectivity index (χ3n) is 2.96. The summed E-state index contributed by atoms with van der Waals surface area (Å²) in [5.41, 5.74) is 6.57. The largest absolute Gasteiger partial charge is 0.508 e. The zero-order chi connectivity index (χ0) is 13.8. The van der Waals surface area contributed by atoms with Crippen LogP contribution in [0.1, 0.15) is 32.1 Å². The van der Waals surface area contributed by atoms with Gasteiger partial charge < -0.3 is 15.4 Å². The number of benzene rings is 1. The van der Waals surface area contributed by atoms with Crippen molar-refractivity contribution in [2.45, 2.75) is 26.2 Å². The highest BCUT2D eigenvalue weighted by molar-refractivity contribution is 5.55. The second kappa shape index (κ2) is 5.84. The molecule has 1 aromatic heterocycles. The molecule has 1 aromatic carbocycles. The van der Waals surface area contributed by atoms with Crippen LogP contribution in [0.5, 0.6) is 5.75 Å². The molecule has 1 unspecified atom stereocenters. The first-order valence-corrected chi connectivity index (χ1v) is 6.43. The van der Waals surface area contributed by atoms with Gasteiger partial charge in [0.05, 0.1) is 5.92 Å². The monoisotopic (exact) mass is 261 g/mol. The third kappa shape index (κ3) is 3.32. The standard InChI is InChI=1S/C14H19N3O2/c1-9(2)7-11(8-15)14-16-13(17-19-14)10-3-5-12(18)6-4-10/h3-6,9,11,18H,7-8,15H2,1-2H3. The van der Waals surface area contributed by atoms with Gasteiger partial charge >= 0.3 is 0 Å². The lowest BCUT2D eigenvalue weighted by molar-refractivity contribution is 0.335. The fraction of sp³-hybridized carbons (Fsp3) is 0.429. The second-order valence-electron chi connectivity index (χ2n) is 5.07. The van der Waals surface area contributed by atoms with E-state index in [2.05, 4.69) is 24.0 Å². The summed E-state index contributed by atoms with van der Waals surface area (Å²) in [6.45, 7) is 4.77. The molecule has 2 rings (SSSR count). The molecular weight excluding hydrogens is 242 g/mol. The summed E-state index contributed by atoms with van der Waals surface area (Å²) in [5, 5.41) is 13.2. The first kappa shape index (κ1) is 13.5. The van der Waals surface area contributed by atoms with Crippen molar-refractivity contribution in [3.63, 3.8) is 0 Å². The van der Waals surface area contributed by atoms with Crippen molar-refractivity contribution in [3.8, 4) is 17.1 Å². The highest BCUT2D eigenvalue weighted by atomic mass is 16.5. The van der Waals surface area contributed by atoms with Crippen LogP contribution in [0.2, 0.25) is 0 Å². The van der Waals surface area contributed by atoms with Crippen molar-refractivity contribution < 1.29 is 9.63 Å². The van der Waals surface area contributed by atoms with Crippen molar-refractivity contribution in [1.82, 2.24) is 10.1 Å². The molecule has 0 radical (unpaired) electrons. The number of phenolic OH excluding ortho intramolecular Hbond substituents is 1. The minimum Gasteiger partial charge on any atom is -0.508 e. The predicted octanol–water partition coefficient (Wildman–Crippen LogP) is 2.53. The van der Waals surface area contributed by atoms with Gasteiger partial charge in [-0.2, -0.15) is 4.98 Å². The minimum absolute atomic E-state index is 0.0957. The van der Waals surface area contributed by atoms with Gasteiger partial charge in [0.15, 0.2) is 0 Å². The zero-order valence-corrected chi connectivity index (χ0v) is 11.2. The van der Waals surface area contributed by atoms with Gasteiger partial charge in [-0.3, -0.25) is 0 Å². The van der Waals surface area contributed by atoms with Gasteiger partial charge in [-0.05, 0) is 36.6 Å². The number of aromatic nitrogens is 2. The summed E-state index contributed by atoms with van der Waals surface area (Å²) < 4.78 is 5.30. The normalized spacial score (nSPS) is 12.8. The molecule has 102 valence electrons. The molecule has 5 nitrogen and oxygen atoms in total. The van der Waals surface area contributed by atoms with E-state index in [1.54, 1.807) is 24.3 Å². The Kier molecular flexibility index (Phi) is 4.16. The van der Waals surface area contributed by atoms with Crippen LogP contribution in [-0.2, 0) is 0 Å². The fourth-order valence-corrected chi connectivity index (χ4v) is 2.00. The van der Waals surface area contributed by atoms with E-state index >= 15 is 0 Å². The van der Waals surface area contributed by atoms with Crippen LogP contribution in [0.3, 0.4) is 0 Å². The molecule has 3 N–H and O–H groups in total. The molecule has 0 aliphatic carbocycles. The first-order valence-electron chi connectivity index (χ1n) is 6.43. The van der Waals surface area contributed by atoms with E-state index in [4.69, 9.17) is 10.3 Å². The number of hydrogen-bond acceptors (Lipinski definition) is 5. The van der Waals surface area contributed by atoms with Crippen LogP contribution in [0, 0.1) is 5.92 Å². The summed E-state index contributed by atoms with van der Waals surface area (Å²) in [6.07, 6.45) is 0.924. The van der Waals surface area contributed by atoms with Gasteiger partial charge in [-0.25, -0.2) is 0 Å². The van der Waals surface area contributed by atoms with Gasteiger partial charge in [0.25, 0.3) is 0 Å². The van der Waals surface area contributed by atoms with Gasteiger partial charge in [-0.1, -0.05) is 19.0 Å². The molecule has 0 amide bonds. The quantitative estimate of drug-likeness (QED) is 0.863. The lowest BCUT2D eigenvalue weighted by Gasteiger charge is -2.11. The Labute approximate surface area is 112 Å². The molecule has 0 spiro atoms. The maximum atomic E-state index is 9.25. The number of hydrogen-bond donors (Lipinski definition) is 2. The molecule has 0 saturated carbocycles. The lowest BCUT2D eigenvalue weighted by atomic mass is 9.97. The Balaban J connectivity index is 2.20. The highest BCUT2D eigenvalue weighted by Crippen LogP contribution is 2.25. The molecule has 0 bridgehead atoms. The van der Waals surface area contributed by atoms with Crippen molar-refractivity contribution in [3.05, 3.63) is 30.2 Å². The maximum Gasteiger partial charge on any atom is 0.231 e. The highest BCUT2D eigenvalue weighted by Gasteiger charge is 2.19. The van der Waals surface area contributed by atoms with Crippen LogP contribution in [0.4, 0.5) is 0 Å². The number of phenols is 1. The van der Waals surface area contributed by atoms with Crippen molar-refractivity contribution in [1.29, 1.82) is 0 Å². The average Bonchev–Trinajstić information content (AvgIpc) is 2.86. The Hall–Kier alpha value is -1.88. The molecule has 0 saturated heterocycles. The van der Waals surface area contributed by atoms with Gasteiger partial charge in [0, 0.05) is 12.1 Å². The van der Waals surface area contributed by atoms with E-state index in [1.807, 2.05) is 0 Å². The van der Waals surface area contributed by atoms with E-state index < -0.39 is 0 Å². The summed E-state index contributed by atoms with van der Waals surface area (Å²) in [7, 11) is 0. The van der Waals surface area contributed by atoms with Crippen LogP contribution < -0.4 is 5.73 Å². The number of aromatic hydroxyl groups is 1. The predicted molar refractivity (Wildman–Crippen MR) is 72.6 cm³/mol. The zero-order valence-electron chi connectivity index (χ0n) is 11.2. The van der Waals surface area contributed by atoms with E-state index in [9.17, 15) is 5.11 Å². The van der Waals surface area contributed by atoms with Crippen LogP contribution in [0.25, 0.3) is 11.4 Å². The minimum atomic E-state index is 0.0957. The summed E-state index contributed by atoms with van der Waals surface area (Å²) in [5.74, 6) is 1.94. The van der Waals surface area contributed by atoms with Crippen molar-refractivity contribution in [2.24, 2.45) is 11.7 Å². The first-order chi connectivity index (χ1) is 9.10. The van der Waals surface area contributed by atoms with Crippen molar-refractivity contribution in [2.75, 3.05) is 6.54 Å². The summed E-state index contributed by atoms with van der Waals surface area (Å²) in [6, 6.07) is 6.70. The van der Waals surface area contributed by atoms with Crippen molar-refractivity contribution >= 4 is 0 Å². The molecule has 5 heteroatoms. The van der Waals surface area contributed by atoms with Gasteiger partial charge in [-0.15, -0.1) is 0 Å². The SMILES string of the molecule is CC(C)CC(CN)c1nc(-c2ccc(O)cc2)no1. The smallest absolute Gasteiger partial charge is 0.231 e. The molecule has 0 fully saturated rings. The van der Waals surface area contributed by atoms with Crippen LogP contribution >= 0.6 is 0 Å². The van der Waals surface area contributed by atoms with Gasteiger partial charge in [0.2, 0.25) is 11.7 Å². The maximum absolute atomic E-state index is 9.25. The molecule has 0 aliphatic heterocycles. The fourth-order valence-electron chi connectivity index (χ4n) is 2.00. The van der Waals surface area contributed by atoms with E-state index in [0.717, 1.165) is 12.0 Å². The number of nitrogens with two attached hydrogens (primary N) is 1. The Morgan fingerprint density at radius 1 is 1.26 bits per heavy atom. The van der Waals surface area contributed by atoms with Gasteiger partial charge in [0.1, 0.15) is 5.75 Å². The lowest BCUT2D eigenvalue weighted by Crippen LogP contribution is -2.15. The van der Waals surface area contributed by atoms with E-state index in [0.29, 0.717) is 24.2 Å². The summed E-state index contributed by atoms with van der Waals surface area (Å²) in [4.78, 5) is 4.39. The molecule has 2 aromatic rings. The molecular formula is C14H19N3O2. The van der Waals surface area contributed by atoms with Crippen LogP contribution in [0.15, 0.2) is 28.8 Å². The molecule has 1 heterocycles. The molecule has 19 heavy (non-hydrogen) atoms. The number of rotatable bonds is 5. The number of nitrogens with zero attached hydrogens (tertiary/aromatic N) is 2. The van der Waals surface area contributed by atoms with Crippen LogP contribution in [-0.4, -0.2) is 21.8 Å². The molecule has 1 atom stereocenters. The molecule has 0 aliphatic rings. The topological polar surface area (TPSA) is 85.2 Å².